The van der Waals surface area contributed by atoms with Crippen molar-refractivity contribution < 1.29 is 19.2 Å². The summed E-state index contributed by atoms with van der Waals surface area (Å²) in [5.41, 5.74) is 0. The molecule has 100 valence electrons. The van der Waals surface area contributed by atoms with Gasteiger partial charge in [0.05, 0.1) is 5.92 Å². The van der Waals surface area contributed by atoms with Crippen molar-refractivity contribution in [2.24, 2.45) is 5.92 Å². The highest BCUT2D eigenvalue weighted by Crippen LogP contribution is 1.99. The van der Waals surface area contributed by atoms with Gasteiger partial charge in [0.15, 0.2) is 5.82 Å². The molecule has 1 heterocycles. The monoisotopic (exact) mass is 256 g/mol. The number of aliphatic carboxylic acids is 1. The number of carbonyl (C=O) groups is 2. The van der Waals surface area contributed by atoms with Crippen LogP contribution in [0.25, 0.3) is 0 Å². The van der Waals surface area contributed by atoms with Gasteiger partial charge < -0.3 is 20.3 Å². The van der Waals surface area contributed by atoms with E-state index < -0.39 is 11.9 Å². The lowest BCUT2D eigenvalue weighted by Gasteiger charge is -2.08. The molecule has 0 bridgehead atoms. The Morgan fingerprint density at radius 3 is 2.78 bits per heavy atom. The molecule has 1 aromatic heterocycles. The minimum Gasteiger partial charge on any atom is -0.481 e. The first-order valence-corrected chi connectivity index (χ1v) is 5.59. The number of hydrogen-bond acceptors (Lipinski definition) is 5. The molecule has 0 spiro atoms. The number of rotatable bonds is 7. The van der Waals surface area contributed by atoms with E-state index in [4.69, 9.17) is 5.11 Å². The molecule has 3 N–H and O–H groups in total. The third-order valence-electron chi connectivity index (χ3n) is 2.33. The van der Waals surface area contributed by atoms with Gasteiger partial charge in [-0.3, -0.25) is 4.79 Å². The first-order chi connectivity index (χ1) is 8.59. The smallest absolute Gasteiger partial charge is 0.314 e. The lowest BCUT2D eigenvalue weighted by Crippen LogP contribution is -2.37. The molecule has 18 heavy (non-hydrogen) atoms. The van der Waals surface area contributed by atoms with Crippen molar-refractivity contribution in [1.29, 1.82) is 0 Å². The Labute approximate surface area is 104 Å². The summed E-state index contributed by atoms with van der Waals surface area (Å²) >= 11 is 0. The van der Waals surface area contributed by atoms with E-state index in [1.807, 2.05) is 0 Å². The first kappa shape index (κ1) is 13.9. The number of carboxylic acid groups (broad SMARTS) is 1. The lowest BCUT2D eigenvalue weighted by atomic mass is 10.1. The predicted octanol–water partition coefficient (Wildman–Crippen LogP) is 0.0221. The van der Waals surface area contributed by atoms with Gasteiger partial charge in [-0.25, -0.2) is 4.79 Å². The van der Waals surface area contributed by atoms with E-state index in [0.29, 0.717) is 31.8 Å². The Hall–Kier alpha value is -2.12. The number of aromatic nitrogens is 2. The molecule has 1 atom stereocenters. The quantitative estimate of drug-likeness (QED) is 0.633. The van der Waals surface area contributed by atoms with Crippen LogP contribution in [0.1, 0.15) is 19.2 Å². The van der Waals surface area contributed by atoms with Crippen molar-refractivity contribution in [2.45, 2.75) is 19.8 Å². The van der Waals surface area contributed by atoms with Gasteiger partial charge in [0.2, 0.25) is 6.39 Å². The molecule has 0 aliphatic rings. The van der Waals surface area contributed by atoms with Gasteiger partial charge in [-0.15, -0.1) is 0 Å². The van der Waals surface area contributed by atoms with E-state index in [1.165, 1.54) is 6.39 Å². The van der Waals surface area contributed by atoms with Crippen LogP contribution < -0.4 is 10.6 Å². The Kier molecular flexibility index (Phi) is 5.62. The Morgan fingerprint density at radius 1 is 1.44 bits per heavy atom. The largest absolute Gasteiger partial charge is 0.481 e. The van der Waals surface area contributed by atoms with E-state index in [-0.39, 0.29) is 6.03 Å². The summed E-state index contributed by atoms with van der Waals surface area (Å²) in [7, 11) is 0. The molecule has 0 aliphatic carbocycles. The Bertz CT molecular complexity index is 379. The molecule has 1 rings (SSSR count). The van der Waals surface area contributed by atoms with Crippen molar-refractivity contribution in [3.63, 3.8) is 0 Å². The van der Waals surface area contributed by atoms with E-state index in [1.54, 1.807) is 6.92 Å². The zero-order valence-corrected chi connectivity index (χ0v) is 10.0. The van der Waals surface area contributed by atoms with Crippen LogP contribution in [-0.2, 0) is 11.2 Å². The fourth-order valence-electron chi connectivity index (χ4n) is 1.18. The van der Waals surface area contributed by atoms with Crippen molar-refractivity contribution in [2.75, 3.05) is 13.1 Å². The maximum Gasteiger partial charge on any atom is 0.314 e. The molecule has 1 unspecified atom stereocenters. The summed E-state index contributed by atoms with van der Waals surface area (Å²) in [4.78, 5) is 25.6. The zero-order chi connectivity index (χ0) is 13.4. The minimum atomic E-state index is -0.866. The molecule has 8 heteroatoms. The van der Waals surface area contributed by atoms with Gasteiger partial charge in [-0.2, -0.15) is 4.98 Å². The molecule has 0 saturated carbocycles. The normalized spacial score (nSPS) is 11.8. The highest BCUT2D eigenvalue weighted by Gasteiger charge is 2.10. The number of urea groups is 1. The molecule has 2 amide bonds. The lowest BCUT2D eigenvalue weighted by molar-refractivity contribution is -0.141. The molecular formula is C10H16N4O4. The van der Waals surface area contributed by atoms with Crippen molar-refractivity contribution >= 4 is 12.0 Å². The molecule has 0 aliphatic heterocycles. The molecule has 8 nitrogen and oxygen atoms in total. The number of hydrogen-bond donors (Lipinski definition) is 3. The van der Waals surface area contributed by atoms with Crippen LogP contribution in [0.4, 0.5) is 4.79 Å². The minimum absolute atomic E-state index is 0.321. The van der Waals surface area contributed by atoms with Crippen molar-refractivity contribution in [3.05, 3.63) is 12.2 Å². The maximum absolute atomic E-state index is 11.3. The van der Waals surface area contributed by atoms with Gasteiger partial charge in [0, 0.05) is 19.5 Å². The number of nitrogens with zero attached hydrogens (tertiary/aromatic N) is 2. The Balaban J connectivity index is 2.05. The highest BCUT2D eigenvalue weighted by atomic mass is 16.5. The van der Waals surface area contributed by atoms with E-state index in [2.05, 4.69) is 25.3 Å². The maximum atomic E-state index is 11.3. The van der Waals surface area contributed by atoms with E-state index >= 15 is 0 Å². The number of carboxylic acids is 1. The molecular weight excluding hydrogens is 240 g/mol. The first-order valence-electron chi connectivity index (χ1n) is 5.59. The highest BCUT2D eigenvalue weighted by molar-refractivity contribution is 5.74. The van der Waals surface area contributed by atoms with E-state index in [0.717, 1.165) is 0 Å². The standard InChI is InChI=1S/C10H16N4O4/c1-7(9(15)16)2-4-11-10(17)12-5-3-8-13-6-18-14-8/h6-7H,2-5H2,1H3,(H,15,16)(H2,11,12,17). The van der Waals surface area contributed by atoms with Gasteiger partial charge in [0.25, 0.3) is 0 Å². The second-order valence-corrected chi connectivity index (χ2v) is 3.81. The number of amides is 2. The Morgan fingerprint density at radius 2 is 2.17 bits per heavy atom. The summed E-state index contributed by atoms with van der Waals surface area (Å²) in [6.07, 6.45) is 2.10. The van der Waals surface area contributed by atoms with Crippen molar-refractivity contribution in [1.82, 2.24) is 20.8 Å². The van der Waals surface area contributed by atoms with E-state index in [9.17, 15) is 9.59 Å². The SMILES string of the molecule is CC(CCNC(=O)NCCc1ncon1)C(=O)O. The fourth-order valence-corrected chi connectivity index (χ4v) is 1.18. The molecule has 0 aromatic carbocycles. The second-order valence-electron chi connectivity index (χ2n) is 3.81. The summed E-state index contributed by atoms with van der Waals surface area (Å²) in [5, 5.41) is 17.4. The molecule has 1 aromatic rings. The van der Waals surface area contributed by atoms with Crippen LogP contribution in [0.5, 0.6) is 0 Å². The van der Waals surface area contributed by atoms with Crippen LogP contribution in [0.2, 0.25) is 0 Å². The number of nitrogens with one attached hydrogen (secondary N) is 2. The van der Waals surface area contributed by atoms with Crippen LogP contribution in [0.15, 0.2) is 10.9 Å². The van der Waals surface area contributed by atoms with Crippen LogP contribution >= 0.6 is 0 Å². The van der Waals surface area contributed by atoms with Gasteiger partial charge in [0.1, 0.15) is 0 Å². The molecule has 0 fully saturated rings. The third-order valence-corrected chi connectivity index (χ3v) is 2.33. The van der Waals surface area contributed by atoms with Gasteiger partial charge in [-0.1, -0.05) is 12.1 Å². The summed E-state index contributed by atoms with van der Waals surface area (Å²) < 4.78 is 4.54. The summed E-state index contributed by atoms with van der Waals surface area (Å²) in [6, 6.07) is -0.337. The average molecular weight is 256 g/mol. The fraction of sp³-hybridized carbons (Fsp3) is 0.600. The van der Waals surface area contributed by atoms with Crippen LogP contribution in [0.3, 0.4) is 0 Å². The van der Waals surface area contributed by atoms with Crippen LogP contribution in [-0.4, -0.2) is 40.3 Å². The summed E-state index contributed by atoms with van der Waals surface area (Å²) in [5.74, 6) is -0.811. The zero-order valence-electron chi connectivity index (χ0n) is 10.0. The average Bonchev–Trinajstić information content (AvgIpc) is 2.81. The van der Waals surface area contributed by atoms with Gasteiger partial charge in [-0.05, 0) is 6.42 Å². The number of carbonyl (C=O) groups excluding carboxylic acids is 1. The predicted molar refractivity (Wildman–Crippen MR) is 60.8 cm³/mol. The summed E-state index contributed by atoms with van der Waals surface area (Å²) in [6.45, 7) is 2.31. The topological polar surface area (TPSA) is 117 Å². The third kappa shape index (κ3) is 5.28. The molecule has 0 radical (unpaired) electrons. The van der Waals surface area contributed by atoms with Gasteiger partial charge >= 0.3 is 12.0 Å². The van der Waals surface area contributed by atoms with Crippen molar-refractivity contribution in [3.8, 4) is 0 Å². The second kappa shape index (κ2) is 7.25. The van der Waals surface area contributed by atoms with Crippen LogP contribution in [0, 0.1) is 5.92 Å². The molecule has 0 saturated heterocycles.